The zero-order valence-electron chi connectivity index (χ0n) is 15.3. The predicted molar refractivity (Wildman–Crippen MR) is 95.4 cm³/mol. The van der Waals surface area contributed by atoms with Crippen LogP contribution < -0.4 is 4.90 Å². The maximum absolute atomic E-state index is 13.1. The van der Waals surface area contributed by atoms with Crippen LogP contribution in [0.5, 0.6) is 0 Å². The molecule has 3 rings (SSSR count). The first-order valence-electron chi connectivity index (χ1n) is 8.92. The van der Waals surface area contributed by atoms with Crippen molar-refractivity contribution in [3.05, 3.63) is 22.9 Å². The van der Waals surface area contributed by atoms with E-state index in [0.29, 0.717) is 25.3 Å². The lowest BCUT2D eigenvalue weighted by Gasteiger charge is -2.39. The van der Waals surface area contributed by atoms with Crippen molar-refractivity contribution in [2.24, 2.45) is 5.41 Å². The van der Waals surface area contributed by atoms with Gasteiger partial charge in [0, 0.05) is 39.0 Å². The molecule has 6 nitrogen and oxygen atoms in total. The van der Waals surface area contributed by atoms with Crippen LogP contribution in [-0.4, -0.2) is 55.7 Å². The molecular weight excluding hydrogens is 316 g/mol. The fourth-order valence-corrected chi connectivity index (χ4v) is 4.18. The molecule has 1 amide bonds. The lowest BCUT2D eigenvalue weighted by molar-refractivity contribution is -0.145. The Kier molecular flexibility index (Phi) is 4.96. The summed E-state index contributed by atoms with van der Waals surface area (Å²) in [5.74, 6) is 0.972. The van der Waals surface area contributed by atoms with Crippen molar-refractivity contribution in [1.82, 2.24) is 9.88 Å². The van der Waals surface area contributed by atoms with E-state index in [4.69, 9.17) is 4.74 Å². The maximum atomic E-state index is 13.1. The van der Waals surface area contributed by atoms with Crippen molar-refractivity contribution < 1.29 is 9.53 Å². The van der Waals surface area contributed by atoms with Gasteiger partial charge in [-0.05, 0) is 44.7 Å². The third-order valence-corrected chi connectivity index (χ3v) is 5.48. The number of aryl methyl sites for hydroxylation is 2. The number of anilines is 1. The Morgan fingerprint density at radius 1 is 1.36 bits per heavy atom. The molecule has 0 saturated carbocycles. The number of rotatable bonds is 4. The Morgan fingerprint density at radius 2 is 2.16 bits per heavy atom. The molecule has 0 radical (unpaired) electrons. The molecule has 0 aliphatic carbocycles. The zero-order valence-corrected chi connectivity index (χ0v) is 15.3. The van der Waals surface area contributed by atoms with Crippen LogP contribution in [0.4, 0.5) is 5.82 Å². The number of amides is 1. The molecule has 1 atom stereocenters. The molecule has 0 aromatic carbocycles. The third kappa shape index (κ3) is 3.21. The van der Waals surface area contributed by atoms with Crippen molar-refractivity contribution in [3.63, 3.8) is 0 Å². The molecule has 0 bridgehead atoms. The summed E-state index contributed by atoms with van der Waals surface area (Å²) in [5, 5.41) is 9.54. The van der Waals surface area contributed by atoms with Gasteiger partial charge in [-0.3, -0.25) is 4.79 Å². The summed E-state index contributed by atoms with van der Waals surface area (Å²) in [6, 6.07) is 4.23. The molecule has 0 N–H and O–H groups in total. The van der Waals surface area contributed by atoms with Crippen molar-refractivity contribution in [2.45, 2.75) is 33.1 Å². The quantitative estimate of drug-likeness (QED) is 0.837. The van der Waals surface area contributed by atoms with Gasteiger partial charge in [-0.1, -0.05) is 0 Å². The van der Waals surface area contributed by atoms with Crippen LogP contribution in [0.1, 0.15) is 36.1 Å². The van der Waals surface area contributed by atoms with Crippen LogP contribution in [0.15, 0.2) is 6.07 Å². The number of nitriles is 1. The molecule has 25 heavy (non-hydrogen) atoms. The monoisotopic (exact) mass is 342 g/mol. The topological polar surface area (TPSA) is 69.5 Å². The Balaban J connectivity index is 1.84. The van der Waals surface area contributed by atoms with Crippen molar-refractivity contribution >= 4 is 11.7 Å². The smallest absolute Gasteiger partial charge is 0.230 e. The number of carbonyl (C=O) groups is 1. The van der Waals surface area contributed by atoms with Crippen LogP contribution in [-0.2, 0) is 9.53 Å². The Bertz CT molecular complexity index is 712. The standard InChI is InChI=1S/C19H26N4O2/c1-14-11-15(2)21-17(16(14)12-20)23-8-6-19(13-23)5-4-7-22(18(19)24)9-10-25-3/h11H,4-10,13H2,1-3H3. The van der Waals surface area contributed by atoms with Gasteiger partial charge in [-0.25, -0.2) is 4.98 Å². The van der Waals surface area contributed by atoms with Gasteiger partial charge in [0.15, 0.2) is 0 Å². The van der Waals surface area contributed by atoms with Gasteiger partial charge in [0.05, 0.1) is 17.6 Å². The number of piperidine rings is 1. The van der Waals surface area contributed by atoms with Crippen molar-refractivity contribution in [3.8, 4) is 6.07 Å². The summed E-state index contributed by atoms with van der Waals surface area (Å²) < 4.78 is 5.14. The number of ether oxygens (including phenoxy) is 1. The highest BCUT2D eigenvalue weighted by atomic mass is 16.5. The summed E-state index contributed by atoms with van der Waals surface area (Å²) in [5.41, 5.74) is 2.15. The maximum Gasteiger partial charge on any atom is 0.230 e. The lowest BCUT2D eigenvalue weighted by Crippen LogP contribution is -2.51. The van der Waals surface area contributed by atoms with Crippen LogP contribution in [0.25, 0.3) is 0 Å². The van der Waals surface area contributed by atoms with Gasteiger partial charge in [0.2, 0.25) is 5.91 Å². The molecule has 2 aliphatic rings. The van der Waals surface area contributed by atoms with Gasteiger partial charge in [0.1, 0.15) is 11.9 Å². The van der Waals surface area contributed by atoms with Gasteiger partial charge in [-0.2, -0.15) is 5.26 Å². The molecule has 6 heteroatoms. The fraction of sp³-hybridized carbons (Fsp3) is 0.632. The number of hydrogen-bond acceptors (Lipinski definition) is 5. The number of methoxy groups -OCH3 is 1. The van der Waals surface area contributed by atoms with Crippen LogP contribution in [0.3, 0.4) is 0 Å². The number of carbonyl (C=O) groups excluding carboxylic acids is 1. The number of pyridine rings is 1. The van der Waals surface area contributed by atoms with E-state index in [0.717, 1.165) is 49.4 Å². The van der Waals surface area contributed by atoms with E-state index in [1.165, 1.54) is 0 Å². The third-order valence-electron chi connectivity index (χ3n) is 5.48. The number of nitrogens with zero attached hydrogens (tertiary/aromatic N) is 4. The molecular formula is C19H26N4O2. The Hall–Kier alpha value is -2.13. The van der Waals surface area contributed by atoms with E-state index < -0.39 is 0 Å². The molecule has 1 aromatic heterocycles. The van der Waals surface area contributed by atoms with E-state index in [-0.39, 0.29) is 11.3 Å². The molecule has 1 aromatic rings. The second kappa shape index (κ2) is 7.01. The number of likely N-dealkylation sites (tertiary alicyclic amines) is 1. The minimum Gasteiger partial charge on any atom is -0.383 e. The predicted octanol–water partition coefficient (Wildman–Crippen LogP) is 2.04. The molecule has 2 aliphatic heterocycles. The minimum absolute atomic E-state index is 0.237. The Morgan fingerprint density at radius 3 is 2.88 bits per heavy atom. The summed E-state index contributed by atoms with van der Waals surface area (Å²) in [6.45, 7) is 7.36. The van der Waals surface area contributed by atoms with Crippen LogP contribution in [0.2, 0.25) is 0 Å². The molecule has 3 heterocycles. The highest BCUT2D eigenvalue weighted by molar-refractivity contribution is 5.85. The van der Waals surface area contributed by atoms with Crippen molar-refractivity contribution in [2.75, 3.05) is 44.8 Å². The molecule has 1 spiro atoms. The number of hydrogen-bond donors (Lipinski definition) is 0. The molecule has 2 saturated heterocycles. The summed E-state index contributed by atoms with van der Waals surface area (Å²) in [6.07, 6.45) is 2.77. The average molecular weight is 342 g/mol. The first kappa shape index (κ1) is 17.7. The van der Waals surface area contributed by atoms with E-state index >= 15 is 0 Å². The Labute approximate surface area is 149 Å². The van der Waals surface area contributed by atoms with E-state index in [1.54, 1.807) is 7.11 Å². The van der Waals surface area contributed by atoms with E-state index in [9.17, 15) is 10.1 Å². The first-order valence-corrected chi connectivity index (χ1v) is 8.92. The SMILES string of the molecule is COCCN1CCCC2(CCN(c3nc(C)cc(C)c3C#N)C2)C1=O. The number of aromatic nitrogens is 1. The first-order chi connectivity index (χ1) is 12.0. The van der Waals surface area contributed by atoms with E-state index in [2.05, 4.69) is 16.0 Å². The van der Waals surface area contributed by atoms with Gasteiger partial charge in [-0.15, -0.1) is 0 Å². The summed E-state index contributed by atoms with van der Waals surface area (Å²) in [7, 11) is 1.66. The van der Waals surface area contributed by atoms with E-state index in [1.807, 2.05) is 24.8 Å². The molecule has 1 unspecified atom stereocenters. The lowest BCUT2D eigenvalue weighted by atomic mass is 9.78. The zero-order chi connectivity index (χ0) is 18.0. The largest absolute Gasteiger partial charge is 0.383 e. The highest BCUT2D eigenvalue weighted by Crippen LogP contribution is 2.42. The molecule has 2 fully saturated rings. The summed E-state index contributed by atoms with van der Waals surface area (Å²) in [4.78, 5) is 21.8. The highest BCUT2D eigenvalue weighted by Gasteiger charge is 2.48. The van der Waals surface area contributed by atoms with Gasteiger partial charge >= 0.3 is 0 Å². The minimum atomic E-state index is -0.335. The van der Waals surface area contributed by atoms with Crippen LogP contribution in [0, 0.1) is 30.6 Å². The average Bonchev–Trinajstić information content (AvgIpc) is 3.01. The normalized spacial score (nSPS) is 23.4. The molecule has 134 valence electrons. The second-order valence-corrected chi connectivity index (χ2v) is 7.23. The van der Waals surface area contributed by atoms with Crippen LogP contribution >= 0.6 is 0 Å². The van der Waals surface area contributed by atoms with Gasteiger partial charge < -0.3 is 14.5 Å². The second-order valence-electron chi connectivity index (χ2n) is 7.23. The fourth-order valence-electron chi connectivity index (χ4n) is 4.18. The van der Waals surface area contributed by atoms with Crippen molar-refractivity contribution in [1.29, 1.82) is 5.26 Å². The van der Waals surface area contributed by atoms with Gasteiger partial charge in [0.25, 0.3) is 0 Å². The summed E-state index contributed by atoms with van der Waals surface area (Å²) >= 11 is 0.